The quantitative estimate of drug-likeness (QED) is 0.440. The van der Waals surface area contributed by atoms with E-state index in [0.29, 0.717) is 5.41 Å². The minimum absolute atomic E-state index is 0.575. The second kappa shape index (κ2) is 6.75. The minimum atomic E-state index is 0.575. The van der Waals surface area contributed by atoms with Crippen LogP contribution >= 0.6 is 0 Å². The van der Waals surface area contributed by atoms with Crippen molar-refractivity contribution >= 4 is 0 Å². The summed E-state index contributed by atoms with van der Waals surface area (Å²) < 4.78 is 0. The third kappa shape index (κ3) is 2.70. The summed E-state index contributed by atoms with van der Waals surface area (Å²) >= 11 is 0. The van der Waals surface area contributed by atoms with Gasteiger partial charge in [0.1, 0.15) is 0 Å². The smallest absolute Gasteiger partial charge is 0.00153 e. The monoisotopic (exact) mass is 338 g/mol. The van der Waals surface area contributed by atoms with Gasteiger partial charge in [0, 0.05) is 5.41 Å². The fourth-order valence-electron chi connectivity index (χ4n) is 6.98. The van der Waals surface area contributed by atoms with Crippen molar-refractivity contribution in [2.45, 2.75) is 85.0 Å². The molecule has 0 saturated heterocycles. The van der Waals surface area contributed by atoms with Crippen LogP contribution < -0.4 is 0 Å². The SMILES string of the molecule is C=C1C(=C2CCCC2)CC2C(C/C=C/C(CC)CC(C)C)C3CCC132. The molecule has 4 fully saturated rings. The topological polar surface area (TPSA) is 0 Å². The van der Waals surface area contributed by atoms with Crippen molar-refractivity contribution in [2.24, 2.45) is 35.0 Å². The summed E-state index contributed by atoms with van der Waals surface area (Å²) in [5, 5.41) is 0. The highest BCUT2D eigenvalue weighted by Gasteiger charge is 2.70. The molecule has 0 aliphatic heterocycles. The van der Waals surface area contributed by atoms with Crippen LogP contribution in [-0.4, -0.2) is 0 Å². The molecule has 4 saturated carbocycles. The molecule has 0 N–H and O–H groups in total. The van der Waals surface area contributed by atoms with Gasteiger partial charge < -0.3 is 0 Å². The molecular formula is C25H38. The number of hydrogen-bond acceptors (Lipinski definition) is 0. The van der Waals surface area contributed by atoms with Crippen LogP contribution in [0.2, 0.25) is 0 Å². The van der Waals surface area contributed by atoms with Crippen LogP contribution in [0.4, 0.5) is 0 Å². The Kier molecular flexibility index (Phi) is 4.76. The van der Waals surface area contributed by atoms with Crippen molar-refractivity contribution in [1.82, 2.24) is 0 Å². The van der Waals surface area contributed by atoms with E-state index in [2.05, 4.69) is 39.5 Å². The van der Waals surface area contributed by atoms with Gasteiger partial charge in [0.05, 0.1) is 0 Å². The molecule has 0 nitrogen and oxygen atoms in total. The molecule has 5 atom stereocenters. The van der Waals surface area contributed by atoms with E-state index in [1.165, 1.54) is 64.2 Å². The molecule has 1 spiro atoms. The van der Waals surface area contributed by atoms with Crippen molar-refractivity contribution in [3.05, 3.63) is 35.5 Å². The summed E-state index contributed by atoms with van der Waals surface area (Å²) in [5.41, 5.74) is 5.74. The van der Waals surface area contributed by atoms with Crippen LogP contribution in [0, 0.1) is 35.0 Å². The first-order valence-corrected chi connectivity index (χ1v) is 11.1. The van der Waals surface area contributed by atoms with Gasteiger partial charge in [0.25, 0.3) is 0 Å². The van der Waals surface area contributed by atoms with E-state index in [1.54, 1.807) is 16.7 Å². The molecule has 0 aromatic carbocycles. The highest BCUT2D eigenvalue weighted by Crippen LogP contribution is 2.78. The Balaban J connectivity index is 1.43. The first-order valence-electron chi connectivity index (χ1n) is 11.1. The average Bonchev–Trinajstić information content (AvgIpc) is 3.17. The third-order valence-corrected chi connectivity index (χ3v) is 8.33. The zero-order valence-electron chi connectivity index (χ0n) is 16.8. The molecule has 0 bridgehead atoms. The lowest BCUT2D eigenvalue weighted by Crippen LogP contribution is -2.60. The maximum absolute atomic E-state index is 4.65. The van der Waals surface area contributed by atoms with Crippen LogP contribution in [0.3, 0.4) is 0 Å². The Bertz CT molecular complexity index is 581. The molecule has 0 amide bonds. The van der Waals surface area contributed by atoms with Crippen molar-refractivity contribution in [3.63, 3.8) is 0 Å². The average molecular weight is 339 g/mol. The maximum Gasteiger partial charge on any atom is 0.00153 e. The molecule has 4 rings (SSSR count). The number of allylic oxidation sites excluding steroid dienone is 5. The largest absolute Gasteiger partial charge is 0.0950 e. The molecule has 0 radical (unpaired) electrons. The second-order valence-electron chi connectivity index (χ2n) is 9.89. The lowest BCUT2D eigenvalue weighted by molar-refractivity contribution is -0.155. The van der Waals surface area contributed by atoms with Gasteiger partial charge in [-0.15, -0.1) is 0 Å². The molecule has 4 aliphatic carbocycles. The Hall–Kier alpha value is -0.780. The molecule has 25 heavy (non-hydrogen) atoms. The molecular weight excluding hydrogens is 300 g/mol. The Morgan fingerprint density at radius 1 is 1.20 bits per heavy atom. The molecule has 0 heteroatoms. The first-order chi connectivity index (χ1) is 12.1. The van der Waals surface area contributed by atoms with Gasteiger partial charge in [0.2, 0.25) is 0 Å². The van der Waals surface area contributed by atoms with Crippen LogP contribution in [-0.2, 0) is 0 Å². The summed E-state index contributed by atoms with van der Waals surface area (Å²) in [6.07, 6.45) is 19.0. The van der Waals surface area contributed by atoms with Gasteiger partial charge in [0.15, 0.2) is 0 Å². The summed E-state index contributed by atoms with van der Waals surface area (Å²) in [4.78, 5) is 0. The van der Waals surface area contributed by atoms with Gasteiger partial charge in [-0.05, 0) is 105 Å². The van der Waals surface area contributed by atoms with Crippen molar-refractivity contribution < 1.29 is 0 Å². The van der Waals surface area contributed by atoms with Gasteiger partial charge in [-0.2, -0.15) is 0 Å². The van der Waals surface area contributed by atoms with E-state index < -0.39 is 0 Å². The van der Waals surface area contributed by atoms with Gasteiger partial charge in [-0.3, -0.25) is 0 Å². The zero-order valence-corrected chi connectivity index (χ0v) is 16.8. The third-order valence-electron chi connectivity index (χ3n) is 8.33. The Morgan fingerprint density at radius 3 is 2.56 bits per heavy atom. The summed E-state index contributed by atoms with van der Waals surface area (Å²) in [6, 6.07) is 0. The normalized spacial score (nSPS) is 38.1. The van der Waals surface area contributed by atoms with E-state index >= 15 is 0 Å². The van der Waals surface area contributed by atoms with E-state index in [1.807, 2.05) is 0 Å². The van der Waals surface area contributed by atoms with Crippen LogP contribution in [0.15, 0.2) is 35.5 Å². The van der Waals surface area contributed by atoms with Crippen LogP contribution in [0.1, 0.15) is 85.0 Å². The number of hydrogen-bond donors (Lipinski definition) is 0. The zero-order chi connectivity index (χ0) is 17.6. The molecule has 0 aromatic heterocycles. The molecule has 0 aromatic rings. The van der Waals surface area contributed by atoms with Crippen molar-refractivity contribution in [2.75, 3.05) is 0 Å². The fraction of sp³-hybridized carbons (Fsp3) is 0.760. The molecule has 138 valence electrons. The lowest BCUT2D eigenvalue weighted by atomic mass is 9.37. The predicted octanol–water partition coefficient (Wildman–Crippen LogP) is 7.48. The van der Waals surface area contributed by atoms with Crippen molar-refractivity contribution in [3.8, 4) is 0 Å². The summed E-state index contributed by atoms with van der Waals surface area (Å²) in [6.45, 7) is 11.7. The maximum atomic E-state index is 4.65. The predicted molar refractivity (Wildman–Crippen MR) is 108 cm³/mol. The standard InChI is InChI=1S/C25H38/c1-5-19(15-17(2)3)9-8-12-21-23-13-14-25(23)18(4)22(16-24(21)25)20-10-6-7-11-20/h8-9,17,19,21,23-24H,4-7,10-16H2,1-3H3/b9-8+. The first kappa shape index (κ1) is 17.6. The number of rotatable bonds is 6. The van der Waals surface area contributed by atoms with E-state index in [0.717, 1.165) is 29.6 Å². The second-order valence-corrected chi connectivity index (χ2v) is 9.89. The van der Waals surface area contributed by atoms with Crippen LogP contribution in [0.25, 0.3) is 0 Å². The van der Waals surface area contributed by atoms with E-state index in [4.69, 9.17) is 0 Å². The summed E-state index contributed by atoms with van der Waals surface area (Å²) in [5.74, 6) is 4.48. The van der Waals surface area contributed by atoms with Crippen LogP contribution in [0.5, 0.6) is 0 Å². The highest BCUT2D eigenvalue weighted by molar-refractivity contribution is 5.50. The van der Waals surface area contributed by atoms with Gasteiger partial charge >= 0.3 is 0 Å². The summed E-state index contributed by atoms with van der Waals surface area (Å²) in [7, 11) is 0. The Labute approximate surface area is 155 Å². The highest BCUT2D eigenvalue weighted by atomic mass is 14.7. The van der Waals surface area contributed by atoms with E-state index in [-0.39, 0.29) is 0 Å². The van der Waals surface area contributed by atoms with Crippen molar-refractivity contribution in [1.29, 1.82) is 0 Å². The lowest BCUT2D eigenvalue weighted by Gasteiger charge is -2.67. The van der Waals surface area contributed by atoms with Gasteiger partial charge in [-0.1, -0.05) is 45.1 Å². The molecule has 0 heterocycles. The minimum Gasteiger partial charge on any atom is -0.0950 e. The van der Waals surface area contributed by atoms with E-state index in [9.17, 15) is 0 Å². The molecule has 5 unspecified atom stereocenters. The van der Waals surface area contributed by atoms with Gasteiger partial charge in [-0.25, -0.2) is 0 Å². The molecule has 4 aliphatic rings. The Morgan fingerprint density at radius 2 is 1.96 bits per heavy atom. The fourth-order valence-corrected chi connectivity index (χ4v) is 6.98.